The average molecular weight is 345 g/mol. The average Bonchev–Trinajstić information content (AvgIpc) is 2.58. The van der Waals surface area contributed by atoms with Crippen LogP contribution in [0, 0.1) is 6.92 Å². The van der Waals surface area contributed by atoms with Gasteiger partial charge in [0.15, 0.2) is 0 Å². The van der Waals surface area contributed by atoms with E-state index in [1.165, 1.54) is 0 Å². The lowest BCUT2D eigenvalue weighted by Crippen LogP contribution is -2.26. The molecule has 24 heavy (non-hydrogen) atoms. The van der Waals surface area contributed by atoms with Crippen LogP contribution in [-0.2, 0) is 9.59 Å². The molecule has 2 amide bonds. The largest absolute Gasteiger partial charge is 0.326 e. The molecule has 2 aromatic carbocycles. The van der Waals surface area contributed by atoms with Crippen LogP contribution in [0.3, 0.4) is 0 Å². The standard InChI is InChI=1S/C19H21ClN2O2/c1-14-11-12-15(13-17(14)20)21-18(23)9-6-10-19(24)22(2)16-7-4-3-5-8-16/h3-5,7-8,11-13H,6,9-10H2,1-2H3,(H,21,23). The number of carbonyl (C=O) groups excluding carboxylic acids is 2. The van der Waals surface area contributed by atoms with E-state index in [9.17, 15) is 9.59 Å². The Kier molecular flexibility index (Phi) is 6.38. The van der Waals surface area contributed by atoms with Gasteiger partial charge in [0, 0.05) is 36.3 Å². The molecule has 0 aliphatic carbocycles. The maximum absolute atomic E-state index is 12.1. The molecular weight excluding hydrogens is 324 g/mol. The molecule has 0 saturated heterocycles. The van der Waals surface area contributed by atoms with Crippen molar-refractivity contribution in [2.24, 2.45) is 0 Å². The normalized spacial score (nSPS) is 10.3. The van der Waals surface area contributed by atoms with Gasteiger partial charge in [0.25, 0.3) is 0 Å². The molecule has 0 bridgehead atoms. The lowest BCUT2D eigenvalue weighted by Gasteiger charge is -2.17. The van der Waals surface area contributed by atoms with Crippen LogP contribution < -0.4 is 10.2 Å². The molecule has 2 rings (SSSR count). The van der Waals surface area contributed by atoms with E-state index in [0.29, 0.717) is 30.0 Å². The highest BCUT2D eigenvalue weighted by Gasteiger charge is 2.11. The maximum atomic E-state index is 12.1. The van der Waals surface area contributed by atoms with Gasteiger partial charge in [-0.25, -0.2) is 0 Å². The van der Waals surface area contributed by atoms with Gasteiger partial charge in [-0.15, -0.1) is 0 Å². The Morgan fingerprint density at radius 3 is 2.46 bits per heavy atom. The molecule has 1 N–H and O–H groups in total. The SMILES string of the molecule is Cc1ccc(NC(=O)CCCC(=O)N(C)c2ccccc2)cc1Cl. The Morgan fingerprint density at radius 1 is 1.08 bits per heavy atom. The summed E-state index contributed by atoms with van der Waals surface area (Å²) in [5.74, 6) is -0.127. The van der Waals surface area contributed by atoms with Crippen LogP contribution in [0.4, 0.5) is 11.4 Å². The number of nitrogens with zero attached hydrogens (tertiary/aromatic N) is 1. The van der Waals surface area contributed by atoms with Crippen LogP contribution in [0.5, 0.6) is 0 Å². The molecule has 126 valence electrons. The van der Waals surface area contributed by atoms with Gasteiger partial charge >= 0.3 is 0 Å². The van der Waals surface area contributed by atoms with E-state index >= 15 is 0 Å². The fraction of sp³-hybridized carbons (Fsp3) is 0.263. The maximum Gasteiger partial charge on any atom is 0.226 e. The second-order valence-electron chi connectivity index (χ2n) is 5.65. The zero-order valence-corrected chi connectivity index (χ0v) is 14.6. The Morgan fingerprint density at radius 2 is 1.79 bits per heavy atom. The van der Waals surface area contributed by atoms with Gasteiger partial charge in [-0.3, -0.25) is 9.59 Å². The van der Waals surface area contributed by atoms with Gasteiger partial charge in [0.1, 0.15) is 0 Å². The highest BCUT2D eigenvalue weighted by Crippen LogP contribution is 2.20. The smallest absolute Gasteiger partial charge is 0.226 e. The zero-order chi connectivity index (χ0) is 17.5. The highest BCUT2D eigenvalue weighted by atomic mass is 35.5. The first-order chi connectivity index (χ1) is 11.5. The number of nitrogens with one attached hydrogen (secondary N) is 1. The second-order valence-corrected chi connectivity index (χ2v) is 6.06. The van der Waals surface area contributed by atoms with E-state index in [-0.39, 0.29) is 11.8 Å². The second kappa shape index (κ2) is 8.50. The summed E-state index contributed by atoms with van der Waals surface area (Å²) in [6.45, 7) is 1.91. The molecule has 0 heterocycles. The third-order valence-corrected chi connectivity index (χ3v) is 4.17. The summed E-state index contributed by atoms with van der Waals surface area (Å²) in [5.41, 5.74) is 2.48. The van der Waals surface area contributed by atoms with E-state index in [1.54, 1.807) is 18.0 Å². The summed E-state index contributed by atoms with van der Waals surface area (Å²) in [7, 11) is 1.74. The Balaban J connectivity index is 1.77. The lowest BCUT2D eigenvalue weighted by molar-refractivity contribution is -0.118. The number of hydrogen-bond donors (Lipinski definition) is 1. The molecular formula is C19H21ClN2O2. The fourth-order valence-electron chi connectivity index (χ4n) is 2.26. The summed E-state index contributed by atoms with van der Waals surface area (Å²) in [4.78, 5) is 25.7. The number of para-hydroxylation sites is 1. The summed E-state index contributed by atoms with van der Waals surface area (Å²) in [6.07, 6.45) is 1.12. The van der Waals surface area contributed by atoms with E-state index in [2.05, 4.69) is 5.32 Å². The van der Waals surface area contributed by atoms with Crippen LogP contribution in [0.1, 0.15) is 24.8 Å². The van der Waals surface area contributed by atoms with Crippen molar-refractivity contribution in [1.29, 1.82) is 0 Å². The van der Waals surface area contributed by atoms with Gasteiger partial charge in [-0.2, -0.15) is 0 Å². The molecule has 0 unspecified atom stereocenters. The molecule has 0 aliphatic rings. The first kappa shape index (κ1) is 18.0. The predicted octanol–water partition coefficient (Wildman–Crippen LogP) is 4.42. The van der Waals surface area contributed by atoms with Crippen LogP contribution in [0.25, 0.3) is 0 Å². The number of amides is 2. The van der Waals surface area contributed by atoms with Crippen molar-refractivity contribution in [3.8, 4) is 0 Å². The van der Waals surface area contributed by atoms with Gasteiger partial charge in [-0.1, -0.05) is 35.9 Å². The summed E-state index contributed by atoms with van der Waals surface area (Å²) < 4.78 is 0. The van der Waals surface area contributed by atoms with Crippen molar-refractivity contribution in [1.82, 2.24) is 0 Å². The van der Waals surface area contributed by atoms with E-state index in [4.69, 9.17) is 11.6 Å². The quantitative estimate of drug-likeness (QED) is 0.843. The monoisotopic (exact) mass is 344 g/mol. The summed E-state index contributed by atoms with van der Waals surface area (Å²) >= 11 is 6.03. The van der Waals surface area contributed by atoms with Crippen molar-refractivity contribution >= 4 is 34.8 Å². The molecule has 0 radical (unpaired) electrons. The summed E-state index contributed by atoms with van der Waals surface area (Å²) in [5, 5.41) is 3.41. The van der Waals surface area contributed by atoms with E-state index < -0.39 is 0 Å². The number of anilines is 2. The van der Waals surface area contributed by atoms with Crippen LogP contribution in [-0.4, -0.2) is 18.9 Å². The highest BCUT2D eigenvalue weighted by molar-refractivity contribution is 6.31. The molecule has 0 saturated carbocycles. The van der Waals surface area contributed by atoms with Crippen LogP contribution in [0.2, 0.25) is 5.02 Å². The Hall–Kier alpha value is -2.33. The number of benzene rings is 2. The first-order valence-corrected chi connectivity index (χ1v) is 8.23. The van der Waals surface area contributed by atoms with Gasteiger partial charge in [-0.05, 0) is 43.2 Å². The van der Waals surface area contributed by atoms with E-state index in [1.807, 2.05) is 49.4 Å². The van der Waals surface area contributed by atoms with Gasteiger partial charge < -0.3 is 10.2 Å². The third-order valence-electron chi connectivity index (χ3n) is 3.77. The number of carbonyl (C=O) groups is 2. The number of aryl methyl sites for hydroxylation is 1. The van der Waals surface area contributed by atoms with Crippen molar-refractivity contribution in [3.63, 3.8) is 0 Å². The summed E-state index contributed by atoms with van der Waals surface area (Å²) in [6, 6.07) is 14.8. The minimum absolute atomic E-state index is 0.00706. The Bertz CT molecular complexity index is 717. The third kappa shape index (κ3) is 5.10. The number of halogens is 1. The topological polar surface area (TPSA) is 49.4 Å². The molecule has 4 nitrogen and oxygen atoms in total. The van der Waals surface area contributed by atoms with Crippen LogP contribution in [0.15, 0.2) is 48.5 Å². The van der Waals surface area contributed by atoms with Crippen molar-refractivity contribution in [2.75, 3.05) is 17.3 Å². The van der Waals surface area contributed by atoms with Gasteiger partial charge in [0.05, 0.1) is 0 Å². The first-order valence-electron chi connectivity index (χ1n) is 7.85. The Labute approximate surface area is 147 Å². The minimum atomic E-state index is -0.120. The van der Waals surface area contributed by atoms with E-state index in [0.717, 1.165) is 11.3 Å². The lowest BCUT2D eigenvalue weighted by atomic mass is 10.2. The molecule has 2 aromatic rings. The zero-order valence-electron chi connectivity index (χ0n) is 13.9. The molecule has 0 aliphatic heterocycles. The molecule has 0 atom stereocenters. The fourth-order valence-corrected chi connectivity index (χ4v) is 2.44. The molecule has 5 heteroatoms. The molecule has 0 spiro atoms. The number of hydrogen-bond acceptors (Lipinski definition) is 2. The molecule has 0 fully saturated rings. The predicted molar refractivity (Wildman–Crippen MR) is 98.5 cm³/mol. The minimum Gasteiger partial charge on any atom is -0.326 e. The van der Waals surface area contributed by atoms with Crippen molar-refractivity contribution < 1.29 is 9.59 Å². The van der Waals surface area contributed by atoms with Crippen molar-refractivity contribution in [2.45, 2.75) is 26.2 Å². The molecule has 0 aromatic heterocycles. The van der Waals surface area contributed by atoms with Gasteiger partial charge in [0.2, 0.25) is 11.8 Å². The number of rotatable bonds is 6. The van der Waals surface area contributed by atoms with Crippen molar-refractivity contribution in [3.05, 3.63) is 59.1 Å². The van der Waals surface area contributed by atoms with Crippen LogP contribution >= 0.6 is 11.6 Å².